The van der Waals surface area contributed by atoms with Crippen molar-refractivity contribution in [2.45, 2.75) is 24.0 Å². The lowest BCUT2D eigenvalue weighted by molar-refractivity contribution is 0.0690. The highest BCUT2D eigenvalue weighted by Crippen LogP contribution is 2.28. The van der Waals surface area contributed by atoms with E-state index in [-0.39, 0.29) is 5.69 Å². The lowest BCUT2D eigenvalue weighted by Gasteiger charge is -1.98. The van der Waals surface area contributed by atoms with Gasteiger partial charge in [0, 0.05) is 11.1 Å². The van der Waals surface area contributed by atoms with Gasteiger partial charge in [-0.15, -0.1) is 0 Å². The highest BCUT2D eigenvalue weighted by molar-refractivity contribution is 7.99. The molecule has 1 N–H and O–H groups in total. The second kappa shape index (κ2) is 4.58. The SMILES string of the molecule is Cc1nc(Sc2ccnc(C(=O)O)c2)oc1C. The molecule has 0 bridgehead atoms. The molecule has 88 valence electrons. The van der Waals surface area contributed by atoms with Gasteiger partial charge in [0.05, 0.1) is 5.69 Å². The summed E-state index contributed by atoms with van der Waals surface area (Å²) in [4.78, 5) is 19.4. The van der Waals surface area contributed by atoms with E-state index in [2.05, 4.69) is 9.97 Å². The predicted octanol–water partition coefficient (Wildman–Crippen LogP) is 2.54. The van der Waals surface area contributed by atoms with E-state index >= 15 is 0 Å². The van der Waals surface area contributed by atoms with E-state index < -0.39 is 5.97 Å². The quantitative estimate of drug-likeness (QED) is 0.902. The maximum Gasteiger partial charge on any atom is 0.354 e. The summed E-state index contributed by atoms with van der Waals surface area (Å²) < 4.78 is 5.40. The second-order valence-corrected chi connectivity index (χ2v) is 4.43. The molecule has 6 heteroatoms. The summed E-state index contributed by atoms with van der Waals surface area (Å²) in [6.07, 6.45) is 1.45. The zero-order chi connectivity index (χ0) is 12.4. The summed E-state index contributed by atoms with van der Waals surface area (Å²) in [6.45, 7) is 3.69. The predicted molar refractivity (Wildman–Crippen MR) is 61.3 cm³/mol. The fraction of sp³-hybridized carbons (Fsp3) is 0.182. The van der Waals surface area contributed by atoms with E-state index in [1.54, 1.807) is 6.07 Å². The van der Waals surface area contributed by atoms with Crippen LogP contribution in [0.5, 0.6) is 0 Å². The van der Waals surface area contributed by atoms with Gasteiger partial charge in [-0.1, -0.05) is 0 Å². The molecule has 2 rings (SSSR count). The highest BCUT2D eigenvalue weighted by atomic mass is 32.2. The molecule has 17 heavy (non-hydrogen) atoms. The maximum atomic E-state index is 10.8. The number of carboxylic acid groups (broad SMARTS) is 1. The Hall–Kier alpha value is -1.82. The molecule has 5 nitrogen and oxygen atoms in total. The number of oxazole rings is 1. The topological polar surface area (TPSA) is 76.2 Å². The van der Waals surface area contributed by atoms with Gasteiger partial charge in [-0.2, -0.15) is 0 Å². The Bertz CT molecular complexity index is 546. The Morgan fingerprint density at radius 3 is 2.82 bits per heavy atom. The number of pyridine rings is 1. The van der Waals surface area contributed by atoms with E-state index in [0.717, 1.165) is 16.3 Å². The number of rotatable bonds is 3. The number of hydrogen-bond acceptors (Lipinski definition) is 5. The van der Waals surface area contributed by atoms with Gasteiger partial charge in [-0.25, -0.2) is 14.8 Å². The molecular weight excluding hydrogens is 240 g/mol. The molecule has 0 aromatic carbocycles. The molecule has 0 atom stereocenters. The smallest absolute Gasteiger partial charge is 0.354 e. The summed E-state index contributed by atoms with van der Waals surface area (Å²) in [5, 5.41) is 9.32. The average Bonchev–Trinajstić information content (AvgIpc) is 2.58. The molecule has 0 aliphatic carbocycles. The third-order valence-electron chi connectivity index (χ3n) is 2.16. The fourth-order valence-electron chi connectivity index (χ4n) is 1.18. The molecule has 0 aliphatic heterocycles. The van der Waals surface area contributed by atoms with Crippen LogP contribution in [-0.2, 0) is 0 Å². The molecule has 0 saturated carbocycles. The number of hydrogen-bond donors (Lipinski definition) is 1. The average molecular weight is 250 g/mol. The summed E-state index contributed by atoms with van der Waals surface area (Å²) >= 11 is 1.27. The van der Waals surface area contributed by atoms with Gasteiger partial charge in [0.15, 0.2) is 0 Å². The van der Waals surface area contributed by atoms with Crippen molar-refractivity contribution in [1.82, 2.24) is 9.97 Å². The number of aromatic carboxylic acids is 1. The summed E-state index contributed by atoms with van der Waals surface area (Å²) in [6, 6.07) is 3.20. The number of aryl methyl sites for hydroxylation is 2. The van der Waals surface area contributed by atoms with Crippen LogP contribution >= 0.6 is 11.8 Å². The van der Waals surface area contributed by atoms with Crippen LogP contribution in [0.1, 0.15) is 21.9 Å². The van der Waals surface area contributed by atoms with Crippen LogP contribution in [0, 0.1) is 13.8 Å². The third kappa shape index (κ3) is 2.65. The molecule has 0 aliphatic rings. The van der Waals surface area contributed by atoms with Crippen molar-refractivity contribution in [3.8, 4) is 0 Å². The standard InChI is InChI=1S/C11H10N2O3S/c1-6-7(2)16-11(13-6)17-8-3-4-12-9(5-8)10(14)15/h3-5H,1-2H3,(H,14,15). The minimum atomic E-state index is -1.05. The molecule has 0 radical (unpaired) electrons. The van der Waals surface area contributed by atoms with Gasteiger partial charge in [-0.05, 0) is 37.7 Å². The van der Waals surface area contributed by atoms with E-state index in [9.17, 15) is 4.79 Å². The Morgan fingerprint density at radius 1 is 1.47 bits per heavy atom. The summed E-state index contributed by atoms with van der Waals surface area (Å²) in [7, 11) is 0. The first-order valence-corrected chi connectivity index (χ1v) is 5.69. The number of carboxylic acids is 1. The molecular formula is C11H10N2O3S. The van der Waals surface area contributed by atoms with Crippen molar-refractivity contribution < 1.29 is 14.3 Å². The lowest BCUT2D eigenvalue weighted by atomic mass is 10.4. The van der Waals surface area contributed by atoms with Crippen LogP contribution in [0.4, 0.5) is 0 Å². The fourth-order valence-corrected chi connectivity index (χ4v) is 2.03. The van der Waals surface area contributed by atoms with Gasteiger partial charge in [0.2, 0.25) is 0 Å². The van der Waals surface area contributed by atoms with Gasteiger partial charge in [-0.3, -0.25) is 0 Å². The lowest BCUT2D eigenvalue weighted by Crippen LogP contribution is -1.99. The number of nitrogens with zero attached hydrogens (tertiary/aromatic N) is 2. The zero-order valence-corrected chi connectivity index (χ0v) is 10.1. The Kier molecular flexibility index (Phi) is 3.14. The van der Waals surface area contributed by atoms with Gasteiger partial charge < -0.3 is 9.52 Å². The van der Waals surface area contributed by atoms with Crippen LogP contribution in [0.2, 0.25) is 0 Å². The number of carbonyl (C=O) groups is 1. The Labute approximate surface area is 102 Å². The molecule has 0 fully saturated rings. The minimum Gasteiger partial charge on any atom is -0.477 e. The molecule has 0 unspecified atom stereocenters. The van der Waals surface area contributed by atoms with Gasteiger partial charge in [0.1, 0.15) is 11.5 Å². The number of aromatic nitrogens is 2. The molecule has 0 spiro atoms. The van der Waals surface area contributed by atoms with E-state index in [4.69, 9.17) is 9.52 Å². The van der Waals surface area contributed by atoms with Crippen LogP contribution < -0.4 is 0 Å². The molecule has 2 heterocycles. The first-order valence-electron chi connectivity index (χ1n) is 4.87. The van der Waals surface area contributed by atoms with Gasteiger partial charge in [0.25, 0.3) is 5.22 Å². The van der Waals surface area contributed by atoms with Gasteiger partial charge >= 0.3 is 5.97 Å². The normalized spacial score (nSPS) is 10.5. The van der Waals surface area contributed by atoms with Crippen molar-refractivity contribution in [2.24, 2.45) is 0 Å². The Balaban J connectivity index is 2.24. The third-order valence-corrected chi connectivity index (χ3v) is 3.00. The summed E-state index contributed by atoms with van der Waals surface area (Å²) in [5.74, 6) is -0.285. The van der Waals surface area contributed by atoms with E-state index in [1.807, 2.05) is 13.8 Å². The molecule has 0 amide bonds. The first kappa shape index (κ1) is 11.7. The van der Waals surface area contributed by atoms with Crippen molar-refractivity contribution in [3.63, 3.8) is 0 Å². The molecule has 2 aromatic heterocycles. The van der Waals surface area contributed by atoms with Crippen molar-refractivity contribution in [3.05, 3.63) is 35.5 Å². The first-order chi connectivity index (χ1) is 8.06. The monoisotopic (exact) mass is 250 g/mol. The zero-order valence-electron chi connectivity index (χ0n) is 9.30. The van der Waals surface area contributed by atoms with Crippen LogP contribution in [0.3, 0.4) is 0 Å². The van der Waals surface area contributed by atoms with Crippen molar-refractivity contribution in [2.75, 3.05) is 0 Å². The molecule has 2 aromatic rings. The van der Waals surface area contributed by atoms with Crippen molar-refractivity contribution in [1.29, 1.82) is 0 Å². The summed E-state index contributed by atoms with van der Waals surface area (Å²) in [5.41, 5.74) is 0.843. The van der Waals surface area contributed by atoms with Crippen LogP contribution in [-0.4, -0.2) is 21.0 Å². The molecule has 0 saturated heterocycles. The Morgan fingerprint density at radius 2 is 2.24 bits per heavy atom. The van der Waals surface area contributed by atoms with E-state index in [1.165, 1.54) is 24.0 Å². The van der Waals surface area contributed by atoms with E-state index in [0.29, 0.717) is 5.22 Å². The highest BCUT2D eigenvalue weighted by Gasteiger charge is 2.10. The van der Waals surface area contributed by atoms with Crippen molar-refractivity contribution >= 4 is 17.7 Å². The minimum absolute atomic E-state index is 0.00926. The maximum absolute atomic E-state index is 10.8. The van der Waals surface area contributed by atoms with Crippen LogP contribution in [0.25, 0.3) is 0 Å². The largest absolute Gasteiger partial charge is 0.477 e. The second-order valence-electron chi connectivity index (χ2n) is 3.41. The van der Waals surface area contributed by atoms with Crippen LogP contribution in [0.15, 0.2) is 32.9 Å².